The molecule has 1 atom stereocenters. The summed E-state index contributed by atoms with van der Waals surface area (Å²) < 4.78 is 0. The Morgan fingerprint density at radius 3 is 2.77 bits per heavy atom. The van der Waals surface area contributed by atoms with Crippen molar-refractivity contribution in [3.05, 3.63) is 0 Å². The van der Waals surface area contributed by atoms with Gasteiger partial charge in [-0.05, 0) is 26.6 Å². The third-order valence-electron chi connectivity index (χ3n) is 2.65. The highest BCUT2D eigenvalue weighted by Gasteiger charge is 2.25. The zero-order valence-electron chi connectivity index (χ0n) is 8.49. The van der Waals surface area contributed by atoms with Gasteiger partial charge in [0.2, 0.25) is 5.91 Å². The molecule has 0 aromatic heterocycles. The molecule has 1 amide bonds. The summed E-state index contributed by atoms with van der Waals surface area (Å²) in [6.07, 6.45) is 1.15. The molecule has 1 aliphatic rings. The predicted molar refractivity (Wildman–Crippen MR) is 52.3 cm³/mol. The number of likely N-dealkylation sites (tertiary alicyclic amines) is 1. The lowest BCUT2D eigenvalue weighted by Crippen LogP contribution is -2.42. The van der Waals surface area contributed by atoms with Crippen LogP contribution in [0.25, 0.3) is 0 Å². The molecule has 4 nitrogen and oxygen atoms in total. The first-order valence-corrected chi connectivity index (χ1v) is 4.84. The SMILES string of the molecule is CCN(CC(N)=O)C1CCN(C)C1. The molecular weight excluding hydrogens is 166 g/mol. The molecule has 0 aromatic carbocycles. The molecule has 0 aromatic rings. The van der Waals surface area contributed by atoms with Crippen LogP contribution in [0, 0.1) is 0 Å². The van der Waals surface area contributed by atoms with Crippen molar-refractivity contribution < 1.29 is 4.79 Å². The van der Waals surface area contributed by atoms with E-state index in [-0.39, 0.29) is 5.91 Å². The number of carbonyl (C=O) groups excluding carboxylic acids is 1. The second kappa shape index (κ2) is 4.58. The van der Waals surface area contributed by atoms with E-state index in [1.807, 2.05) is 0 Å². The van der Waals surface area contributed by atoms with Gasteiger partial charge in [0.15, 0.2) is 0 Å². The van der Waals surface area contributed by atoms with Crippen LogP contribution in [0.2, 0.25) is 0 Å². The Morgan fingerprint density at radius 2 is 2.38 bits per heavy atom. The fraction of sp³-hybridized carbons (Fsp3) is 0.889. The highest BCUT2D eigenvalue weighted by atomic mass is 16.1. The van der Waals surface area contributed by atoms with Gasteiger partial charge in [0.1, 0.15) is 0 Å². The summed E-state index contributed by atoms with van der Waals surface area (Å²) in [6.45, 7) is 5.55. The normalized spacial score (nSPS) is 24.1. The zero-order valence-corrected chi connectivity index (χ0v) is 8.49. The van der Waals surface area contributed by atoms with E-state index in [1.165, 1.54) is 0 Å². The van der Waals surface area contributed by atoms with Gasteiger partial charge in [-0.1, -0.05) is 6.92 Å². The Balaban J connectivity index is 2.42. The van der Waals surface area contributed by atoms with Crippen LogP contribution in [0.1, 0.15) is 13.3 Å². The Labute approximate surface area is 79.7 Å². The minimum Gasteiger partial charge on any atom is -0.369 e. The summed E-state index contributed by atoms with van der Waals surface area (Å²) in [6, 6.07) is 0.516. The lowest BCUT2D eigenvalue weighted by molar-refractivity contribution is -0.119. The minimum atomic E-state index is -0.226. The molecule has 1 saturated heterocycles. The Kier molecular flexibility index (Phi) is 3.69. The van der Waals surface area contributed by atoms with E-state index in [2.05, 4.69) is 23.8 Å². The maximum absolute atomic E-state index is 10.8. The highest BCUT2D eigenvalue weighted by molar-refractivity contribution is 5.75. The number of primary amides is 1. The van der Waals surface area contributed by atoms with Crippen LogP contribution in [0.15, 0.2) is 0 Å². The van der Waals surface area contributed by atoms with Gasteiger partial charge >= 0.3 is 0 Å². The van der Waals surface area contributed by atoms with Gasteiger partial charge in [0, 0.05) is 12.6 Å². The van der Waals surface area contributed by atoms with Crippen molar-refractivity contribution in [2.75, 3.05) is 33.2 Å². The Morgan fingerprint density at radius 1 is 1.69 bits per heavy atom. The monoisotopic (exact) mass is 185 g/mol. The standard InChI is InChI=1S/C9H19N3O/c1-3-12(7-9(10)13)8-4-5-11(2)6-8/h8H,3-7H2,1-2H3,(H2,10,13). The third-order valence-corrected chi connectivity index (χ3v) is 2.65. The summed E-state index contributed by atoms with van der Waals surface area (Å²) in [4.78, 5) is 15.2. The molecule has 4 heteroatoms. The summed E-state index contributed by atoms with van der Waals surface area (Å²) in [7, 11) is 2.11. The van der Waals surface area contributed by atoms with Crippen LogP contribution in [-0.2, 0) is 4.79 Å². The molecular formula is C9H19N3O. The van der Waals surface area contributed by atoms with E-state index in [1.54, 1.807) is 0 Å². The highest BCUT2D eigenvalue weighted by Crippen LogP contribution is 2.12. The Hall–Kier alpha value is -0.610. The largest absolute Gasteiger partial charge is 0.369 e. The van der Waals surface area contributed by atoms with Crippen LogP contribution in [0.4, 0.5) is 0 Å². The van der Waals surface area contributed by atoms with Crippen LogP contribution in [0.5, 0.6) is 0 Å². The van der Waals surface area contributed by atoms with Crippen molar-refractivity contribution in [1.29, 1.82) is 0 Å². The van der Waals surface area contributed by atoms with Gasteiger partial charge in [-0.15, -0.1) is 0 Å². The maximum atomic E-state index is 10.8. The summed E-state index contributed by atoms with van der Waals surface area (Å²) >= 11 is 0. The number of hydrogen-bond acceptors (Lipinski definition) is 3. The average Bonchev–Trinajstić information content (AvgIpc) is 2.47. The molecule has 1 unspecified atom stereocenters. The van der Waals surface area contributed by atoms with Crippen molar-refractivity contribution in [1.82, 2.24) is 9.80 Å². The first kappa shape index (κ1) is 10.5. The summed E-state index contributed by atoms with van der Waals surface area (Å²) in [5, 5.41) is 0. The van der Waals surface area contributed by atoms with Crippen molar-refractivity contribution in [2.45, 2.75) is 19.4 Å². The lowest BCUT2D eigenvalue weighted by atomic mass is 10.2. The molecule has 13 heavy (non-hydrogen) atoms. The van der Waals surface area contributed by atoms with Crippen molar-refractivity contribution in [3.8, 4) is 0 Å². The number of likely N-dealkylation sites (N-methyl/N-ethyl adjacent to an activating group) is 2. The molecule has 0 aliphatic carbocycles. The predicted octanol–water partition coefficient (Wildman–Crippen LogP) is -0.502. The molecule has 1 aliphatic heterocycles. The molecule has 0 radical (unpaired) electrons. The van der Waals surface area contributed by atoms with Crippen LogP contribution < -0.4 is 5.73 Å². The van der Waals surface area contributed by atoms with E-state index in [4.69, 9.17) is 5.73 Å². The van der Waals surface area contributed by atoms with E-state index in [0.717, 1.165) is 26.1 Å². The van der Waals surface area contributed by atoms with Gasteiger partial charge in [0.05, 0.1) is 6.54 Å². The summed E-state index contributed by atoms with van der Waals surface area (Å²) in [5.74, 6) is -0.226. The number of nitrogens with two attached hydrogens (primary N) is 1. The number of amides is 1. The van der Waals surface area contributed by atoms with Crippen molar-refractivity contribution in [2.24, 2.45) is 5.73 Å². The van der Waals surface area contributed by atoms with Crippen LogP contribution in [-0.4, -0.2) is 55.0 Å². The van der Waals surface area contributed by atoms with E-state index >= 15 is 0 Å². The fourth-order valence-electron chi connectivity index (χ4n) is 1.91. The average molecular weight is 185 g/mol. The van der Waals surface area contributed by atoms with Gasteiger partial charge in [0.25, 0.3) is 0 Å². The first-order valence-electron chi connectivity index (χ1n) is 4.84. The van der Waals surface area contributed by atoms with Gasteiger partial charge in [-0.3, -0.25) is 9.69 Å². The topological polar surface area (TPSA) is 49.6 Å². The quantitative estimate of drug-likeness (QED) is 0.642. The smallest absolute Gasteiger partial charge is 0.231 e. The number of nitrogens with zero attached hydrogens (tertiary/aromatic N) is 2. The van der Waals surface area contributed by atoms with Crippen molar-refractivity contribution >= 4 is 5.91 Å². The lowest BCUT2D eigenvalue weighted by Gasteiger charge is -2.25. The molecule has 76 valence electrons. The Bertz CT molecular complexity index is 184. The number of carbonyl (C=O) groups is 1. The molecule has 0 saturated carbocycles. The molecule has 0 bridgehead atoms. The molecule has 1 rings (SSSR count). The van der Waals surface area contributed by atoms with Gasteiger partial charge in [-0.2, -0.15) is 0 Å². The van der Waals surface area contributed by atoms with E-state index in [0.29, 0.717) is 12.6 Å². The van der Waals surface area contributed by atoms with E-state index in [9.17, 15) is 4.79 Å². The molecule has 0 spiro atoms. The van der Waals surface area contributed by atoms with E-state index < -0.39 is 0 Å². The second-order valence-electron chi connectivity index (χ2n) is 3.73. The first-order chi connectivity index (χ1) is 6.13. The molecule has 1 fully saturated rings. The molecule has 2 N–H and O–H groups in total. The molecule has 1 heterocycles. The van der Waals surface area contributed by atoms with Gasteiger partial charge < -0.3 is 10.6 Å². The number of hydrogen-bond donors (Lipinski definition) is 1. The van der Waals surface area contributed by atoms with Crippen molar-refractivity contribution in [3.63, 3.8) is 0 Å². The fourth-order valence-corrected chi connectivity index (χ4v) is 1.91. The maximum Gasteiger partial charge on any atom is 0.231 e. The number of rotatable bonds is 4. The van der Waals surface area contributed by atoms with Crippen LogP contribution in [0.3, 0.4) is 0 Å². The van der Waals surface area contributed by atoms with Crippen LogP contribution >= 0.6 is 0 Å². The third kappa shape index (κ3) is 2.97. The zero-order chi connectivity index (χ0) is 9.84. The summed E-state index contributed by atoms with van der Waals surface area (Å²) in [5.41, 5.74) is 5.18. The minimum absolute atomic E-state index is 0.226. The second-order valence-corrected chi connectivity index (χ2v) is 3.73. The van der Waals surface area contributed by atoms with Gasteiger partial charge in [-0.25, -0.2) is 0 Å².